The van der Waals surface area contributed by atoms with E-state index in [2.05, 4.69) is 196 Å². The molecule has 0 nitrogen and oxygen atoms in total. The number of fused-ring (bicyclic) bond motifs is 11. The number of benzene rings is 10. The molecule has 0 atom stereocenters. The Kier molecular flexibility index (Phi) is 6.40. The second kappa shape index (κ2) is 11.2. The summed E-state index contributed by atoms with van der Waals surface area (Å²) in [6.45, 7) is 4.76. The molecular weight excluding hydrogens is 637 g/mol. The van der Waals surface area contributed by atoms with E-state index in [1.54, 1.807) is 0 Å². The Morgan fingerprint density at radius 3 is 1.49 bits per heavy atom. The van der Waals surface area contributed by atoms with Crippen LogP contribution in [0.3, 0.4) is 0 Å². The largest absolute Gasteiger partial charge is 0.0616 e. The monoisotopic (exact) mass is 672 g/mol. The molecule has 0 aromatic heterocycles. The van der Waals surface area contributed by atoms with E-state index >= 15 is 0 Å². The zero-order valence-electron chi connectivity index (χ0n) is 29.8. The number of hydrogen-bond donors (Lipinski definition) is 0. The van der Waals surface area contributed by atoms with Crippen LogP contribution >= 0.6 is 0 Å². The van der Waals surface area contributed by atoms with Crippen LogP contribution in [0.4, 0.5) is 0 Å². The van der Waals surface area contributed by atoms with Crippen molar-refractivity contribution in [2.75, 3.05) is 0 Å². The average molecular weight is 673 g/mol. The molecule has 0 saturated heterocycles. The van der Waals surface area contributed by atoms with E-state index < -0.39 is 0 Å². The van der Waals surface area contributed by atoms with Crippen LogP contribution in [0.25, 0.3) is 98.4 Å². The van der Waals surface area contributed by atoms with Gasteiger partial charge in [0.2, 0.25) is 0 Å². The van der Waals surface area contributed by atoms with Gasteiger partial charge in [0.25, 0.3) is 0 Å². The van der Waals surface area contributed by atoms with E-state index in [1.807, 2.05) is 0 Å². The van der Waals surface area contributed by atoms with Gasteiger partial charge in [0.05, 0.1) is 0 Å². The summed E-state index contributed by atoms with van der Waals surface area (Å²) in [6, 6.07) is 67.9. The molecule has 53 heavy (non-hydrogen) atoms. The van der Waals surface area contributed by atoms with Gasteiger partial charge in [-0.3, -0.25) is 0 Å². The Hall–Kier alpha value is -6.50. The van der Waals surface area contributed by atoms with E-state index in [4.69, 9.17) is 0 Å². The predicted molar refractivity (Wildman–Crippen MR) is 228 cm³/mol. The molecule has 0 radical (unpaired) electrons. The summed E-state index contributed by atoms with van der Waals surface area (Å²) in [7, 11) is 0. The van der Waals surface area contributed by atoms with Gasteiger partial charge in [-0.2, -0.15) is 0 Å². The van der Waals surface area contributed by atoms with Gasteiger partial charge in [-0.25, -0.2) is 0 Å². The summed E-state index contributed by atoms with van der Waals surface area (Å²) in [5, 5.41) is 13.0. The van der Waals surface area contributed by atoms with Crippen LogP contribution in [0.5, 0.6) is 0 Å². The molecule has 1 aliphatic rings. The second-order valence-electron chi connectivity index (χ2n) is 15.3. The van der Waals surface area contributed by atoms with Crippen LogP contribution in [0.15, 0.2) is 182 Å². The first-order valence-corrected chi connectivity index (χ1v) is 18.7. The first kappa shape index (κ1) is 30.2. The Morgan fingerprint density at radius 2 is 0.755 bits per heavy atom. The van der Waals surface area contributed by atoms with E-state index in [0.717, 1.165) is 0 Å². The smallest absolute Gasteiger partial charge is 0.0159 e. The standard InChI is InChI=1S/C53H36/c1-53(2)49-31-40(25-27-45(49)46-28-26-41(32-50(46)53)39-23-17-33-9-3-4-11-38(33)29-39)34-15-18-36(19-16-34)48-30-42-24-22-37-21-20-35-10-5-6-12-43(35)51(37)52(42)47-14-8-7-13-44(47)48/h3-32H,1-2H3. The van der Waals surface area contributed by atoms with E-state index in [0.29, 0.717) is 0 Å². The molecule has 0 heteroatoms. The molecule has 0 heterocycles. The third-order valence-corrected chi connectivity index (χ3v) is 12.0. The molecule has 10 aromatic carbocycles. The van der Waals surface area contributed by atoms with Gasteiger partial charge in [-0.05, 0) is 134 Å². The van der Waals surface area contributed by atoms with E-state index in [9.17, 15) is 0 Å². The fourth-order valence-corrected chi connectivity index (χ4v) is 9.24. The first-order valence-electron chi connectivity index (χ1n) is 18.7. The summed E-state index contributed by atoms with van der Waals surface area (Å²) in [5.41, 5.74) is 12.9. The summed E-state index contributed by atoms with van der Waals surface area (Å²) >= 11 is 0. The Labute approximate surface area is 309 Å². The van der Waals surface area contributed by atoms with Crippen molar-refractivity contribution in [3.05, 3.63) is 193 Å². The zero-order valence-corrected chi connectivity index (χ0v) is 29.8. The SMILES string of the molecule is CC1(C)c2cc(-c3ccc(-c4cc5ccc6ccc7ccccc7c6c5c5ccccc45)cc3)ccc2-c2ccc(-c3ccc4ccccc4c3)cc21. The third kappa shape index (κ3) is 4.55. The number of hydrogen-bond acceptors (Lipinski definition) is 0. The molecule has 0 spiro atoms. The van der Waals surface area contributed by atoms with E-state index in [1.165, 1.54) is 109 Å². The summed E-state index contributed by atoms with van der Waals surface area (Å²) in [5.74, 6) is 0. The minimum atomic E-state index is -0.104. The van der Waals surface area contributed by atoms with Gasteiger partial charge < -0.3 is 0 Å². The maximum atomic E-state index is 2.43. The average Bonchev–Trinajstić information content (AvgIpc) is 3.44. The van der Waals surface area contributed by atoms with Crippen molar-refractivity contribution in [2.24, 2.45) is 0 Å². The van der Waals surface area contributed by atoms with Crippen LogP contribution in [0.2, 0.25) is 0 Å². The van der Waals surface area contributed by atoms with Crippen molar-refractivity contribution >= 4 is 53.9 Å². The van der Waals surface area contributed by atoms with Gasteiger partial charge in [-0.1, -0.05) is 172 Å². The van der Waals surface area contributed by atoms with Gasteiger partial charge >= 0.3 is 0 Å². The summed E-state index contributed by atoms with van der Waals surface area (Å²) in [6.07, 6.45) is 0. The fourth-order valence-electron chi connectivity index (χ4n) is 9.24. The Bertz CT molecular complexity index is 3120. The Balaban J connectivity index is 0.974. The van der Waals surface area contributed by atoms with Crippen molar-refractivity contribution in [1.82, 2.24) is 0 Å². The highest BCUT2D eigenvalue weighted by molar-refractivity contribution is 6.29. The Morgan fingerprint density at radius 1 is 0.283 bits per heavy atom. The minimum absolute atomic E-state index is 0.104. The normalized spacial score (nSPS) is 13.2. The van der Waals surface area contributed by atoms with Gasteiger partial charge in [0.15, 0.2) is 0 Å². The van der Waals surface area contributed by atoms with Crippen molar-refractivity contribution in [3.8, 4) is 44.5 Å². The molecule has 0 aliphatic heterocycles. The van der Waals surface area contributed by atoms with Crippen molar-refractivity contribution in [3.63, 3.8) is 0 Å². The lowest BCUT2D eigenvalue weighted by molar-refractivity contribution is 0.661. The lowest BCUT2D eigenvalue weighted by Gasteiger charge is -2.22. The van der Waals surface area contributed by atoms with Crippen LogP contribution in [0.1, 0.15) is 25.0 Å². The van der Waals surface area contributed by atoms with Gasteiger partial charge in [-0.15, -0.1) is 0 Å². The summed E-state index contributed by atoms with van der Waals surface area (Å²) < 4.78 is 0. The van der Waals surface area contributed by atoms with E-state index in [-0.39, 0.29) is 5.41 Å². The predicted octanol–water partition coefficient (Wildman–Crippen LogP) is 14.8. The van der Waals surface area contributed by atoms with Crippen molar-refractivity contribution in [1.29, 1.82) is 0 Å². The lowest BCUT2D eigenvalue weighted by Crippen LogP contribution is -2.15. The van der Waals surface area contributed by atoms with Crippen molar-refractivity contribution < 1.29 is 0 Å². The highest BCUT2D eigenvalue weighted by atomic mass is 14.4. The molecule has 11 rings (SSSR count). The topological polar surface area (TPSA) is 0 Å². The molecular formula is C53H36. The molecule has 0 fully saturated rings. The quantitative estimate of drug-likeness (QED) is 0.164. The third-order valence-electron chi connectivity index (χ3n) is 12.0. The van der Waals surface area contributed by atoms with Crippen LogP contribution < -0.4 is 0 Å². The molecule has 0 N–H and O–H groups in total. The second-order valence-corrected chi connectivity index (χ2v) is 15.3. The molecule has 0 saturated carbocycles. The molecule has 0 bridgehead atoms. The fraction of sp³-hybridized carbons (Fsp3) is 0.0566. The highest BCUT2D eigenvalue weighted by Gasteiger charge is 2.36. The zero-order chi connectivity index (χ0) is 35.3. The summed E-state index contributed by atoms with van der Waals surface area (Å²) in [4.78, 5) is 0. The lowest BCUT2D eigenvalue weighted by atomic mass is 9.80. The maximum absolute atomic E-state index is 2.43. The maximum Gasteiger partial charge on any atom is 0.0159 e. The van der Waals surface area contributed by atoms with Crippen LogP contribution in [-0.4, -0.2) is 0 Å². The molecule has 0 unspecified atom stereocenters. The van der Waals surface area contributed by atoms with Crippen molar-refractivity contribution in [2.45, 2.75) is 19.3 Å². The molecule has 10 aromatic rings. The first-order chi connectivity index (χ1) is 26.0. The van der Waals surface area contributed by atoms with Crippen LogP contribution in [0, 0.1) is 0 Å². The highest BCUT2D eigenvalue weighted by Crippen LogP contribution is 2.51. The minimum Gasteiger partial charge on any atom is -0.0616 e. The van der Waals surface area contributed by atoms with Gasteiger partial charge in [0.1, 0.15) is 0 Å². The van der Waals surface area contributed by atoms with Gasteiger partial charge in [0, 0.05) is 5.41 Å². The van der Waals surface area contributed by atoms with Crippen LogP contribution in [-0.2, 0) is 5.41 Å². The molecule has 248 valence electrons. The molecule has 0 amide bonds. The number of rotatable bonds is 3. The molecule has 1 aliphatic carbocycles.